The van der Waals surface area contributed by atoms with Crippen molar-refractivity contribution in [1.82, 2.24) is 5.32 Å². The maximum Gasteiger partial charge on any atom is 0.0148 e. The fraction of sp³-hybridized carbons (Fsp3) is 1.00. The zero-order valence-electron chi connectivity index (χ0n) is 8.01. The zero-order chi connectivity index (χ0) is 9.40. The first-order chi connectivity index (χ1) is 5.66. The summed E-state index contributed by atoms with van der Waals surface area (Å²) in [5.41, 5.74) is 5.46. The molecule has 0 aromatic carbocycles. The van der Waals surface area contributed by atoms with Crippen LogP contribution in [-0.4, -0.2) is 36.4 Å². The minimum atomic E-state index is -0.611. The lowest BCUT2D eigenvalue weighted by Crippen LogP contribution is -2.33. The molecular weight excluding hydrogens is 172 g/mol. The molecule has 3 N–H and O–H groups in total. The highest BCUT2D eigenvalue weighted by atomic mass is 32.2. The highest BCUT2D eigenvalue weighted by Crippen LogP contribution is 2.06. The number of piperidine rings is 1. The topological polar surface area (TPSA) is 55.1 Å². The smallest absolute Gasteiger partial charge is 0.0148 e. The van der Waals surface area contributed by atoms with Gasteiger partial charge in [-0.2, -0.15) is 0 Å². The van der Waals surface area contributed by atoms with Crippen molar-refractivity contribution in [3.63, 3.8) is 0 Å². The summed E-state index contributed by atoms with van der Waals surface area (Å²) >= 11 is 0. The Kier molecular flexibility index (Phi) is 7.75. The summed E-state index contributed by atoms with van der Waals surface area (Å²) in [7, 11) is -0.611. The van der Waals surface area contributed by atoms with Crippen LogP contribution in [0.1, 0.15) is 14.3 Å². The molecule has 0 amide bonds. The first-order valence-corrected chi connectivity index (χ1v) is 6.29. The van der Waals surface area contributed by atoms with E-state index in [-0.39, 0.29) is 1.43 Å². The molecule has 4 heteroatoms. The Morgan fingerprint density at radius 1 is 1.67 bits per heavy atom. The molecule has 1 rings (SSSR count). The van der Waals surface area contributed by atoms with Gasteiger partial charge in [0.05, 0.1) is 0 Å². The van der Waals surface area contributed by atoms with Crippen molar-refractivity contribution in [3.05, 3.63) is 0 Å². The fourth-order valence-corrected chi connectivity index (χ4v) is 1.13. The molecule has 76 valence electrons. The fourth-order valence-electron chi connectivity index (χ4n) is 1.13. The van der Waals surface area contributed by atoms with E-state index in [1.54, 1.807) is 12.5 Å². The molecule has 0 aromatic rings. The van der Waals surface area contributed by atoms with Crippen LogP contribution < -0.4 is 11.1 Å². The molecule has 1 unspecified atom stereocenters. The Morgan fingerprint density at radius 3 is 2.50 bits per heavy atom. The van der Waals surface area contributed by atoms with Crippen molar-refractivity contribution in [1.29, 1.82) is 0 Å². The minimum absolute atomic E-state index is 0. The van der Waals surface area contributed by atoms with Gasteiger partial charge >= 0.3 is 0 Å². The Bertz CT molecular complexity index is 125. The SMILES string of the molecule is CS(C)=O.NCC1CCCNC1.[HH]. The van der Waals surface area contributed by atoms with Gasteiger partial charge in [-0.3, -0.25) is 4.21 Å². The van der Waals surface area contributed by atoms with Crippen LogP contribution >= 0.6 is 0 Å². The second kappa shape index (κ2) is 7.71. The van der Waals surface area contributed by atoms with Gasteiger partial charge in [0, 0.05) is 24.7 Å². The molecule has 0 spiro atoms. The van der Waals surface area contributed by atoms with E-state index in [0.29, 0.717) is 0 Å². The van der Waals surface area contributed by atoms with Crippen molar-refractivity contribution in [2.75, 3.05) is 32.1 Å². The summed E-state index contributed by atoms with van der Waals surface area (Å²) in [5.74, 6) is 0.753. The van der Waals surface area contributed by atoms with Gasteiger partial charge in [-0.25, -0.2) is 0 Å². The van der Waals surface area contributed by atoms with Gasteiger partial charge in [0.25, 0.3) is 0 Å². The normalized spacial score (nSPS) is 23.2. The Labute approximate surface area is 79.0 Å². The van der Waals surface area contributed by atoms with E-state index < -0.39 is 10.8 Å². The lowest BCUT2D eigenvalue weighted by molar-refractivity contribution is 0.385. The molecule has 1 heterocycles. The second-order valence-electron chi connectivity index (χ2n) is 3.19. The van der Waals surface area contributed by atoms with Crippen molar-refractivity contribution in [3.8, 4) is 0 Å². The molecule has 1 aliphatic rings. The number of hydrogen-bond acceptors (Lipinski definition) is 3. The Balaban J connectivity index is 0. The largest absolute Gasteiger partial charge is 0.330 e. The zero-order valence-corrected chi connectivity index (χ0v) is 8.82. The van der Waals surface area contributed by atoms with E-state index in [1.807, 2.05) is 0 Å². The van der Waals surface area contributed by atoms with Crippen LogP contribution in [0.2, 0.25) is 0 Å². The maximum atomic E-state index is 9.56. The second-order valence-corrected chi connectivity index (χ2v) is 4.67. The third kappa shape index (κ3) is 8.17. The monoisotopic (exact) mass is 194 g/mol. The predicted molar refractivity (Wildman–Crippen MR) is 56.8 cm³/mol. The van der Waals surface area contributed by atoms with E-state index in [9.17, 15) is 4.21 Å². The van der Waals surface area contributed by atoms with Crippen LogP contribution in [0.4, 0.5) is 0 Å². The van der Waals surface area contributed by atoms with Crippen LogP contribution in [0, 0.1) is 5.92 Å². The summed E-state index contributed by atoms with van der Waals surface area (Å²) in [6, 6.07) is 0. The quantitative estimate of drug-likeness (QED) is 0.626. The van der Waals surface area contributed by atoms with Crippen LogP contribution in [-0.2, 0) is 10.8 Å². The molecule has 12 heavy (non-hydrogen) atoms. The number of nitrogens with one attached hydrogen (secondary N) is 1. The molecule has 1 aliphatic heterocycles. The lowest BCUT2D eigenvalue weighted by atomic mass is 10.0. The first-order valence-electron chi connectivity index (χ1n) is 4.32. The summed E-state index contributed by atoms with van der Waals surface area (Å²) in [5, 5.41) is 3.31. The highest BCUT2D eigenvalue weighted by Gasteiger charge is 2.09. The van der Waals surface area contributed by atoms with E-state index in [4.69, 9.17) is 5.73 Å². The molecule has 0 saturated carbocycles. The molecule has 0 radical (unpaired) electrons. The minimum Gasteiger partial charge on any atom is -0.330 e. The molecule has 0 aromatic heterocycles. The van der Waals surface area contributed by atoms with E-state index in [0.717, 1.165) is 19.0 Å². The van der Waals surface area contributed by atoms with Crippen LogP contribution in [0.15, 0.2) is 0 Å². The first kappa shape index (κ1) is 12.1. The highest BCUT2D eigenvalue weighted by molar-refractivity contribution is 7.83. The molecule has 1 atom stereocenters. The summed E-state index contributed by atoms with van der Waals surface area (Å²) in [6.07, 6.45) is 5.91. The van der Waals surface area contributed by atoms with E-state index in [1.165, 1.54) is 19.4 Å². The average molecular weight is 194 g/mol. The van der Waals surface area contributed by atoms with E-state index in [2.05, 4.69) is 5.32 Å². The summed E-state index contributed by atoms with van der Waals surface area (Å²) in [4.78, 5) is 0. The number of rotatable bonds is 1. The number of nitrogens with two attached hydrogens (primary N) is 1. The van der Waals surface area contributed by atoms with Gasteiger partial charge in [0.15, 0.2) is 0 Å². The van der Waals surface area contributed by atoms with Gasteiger partial charge in [-0.05, 0) is 38.4 Å². The molecule has 0 bridgehead atoms. The van der Waals surface area contributed by atoms with Gasteiger partial charge in [0.2, 0.25) is 0 Å². The molecule has 1 fully saturated rings. The average Bonchev–Trinajstić information content (AvgIpc) is 2.05. The van der Waals surface area contributed by atoms with Gasteiger partial charge in [-0.15, -0.1) is 0 Å². The molecule has 1 saturated heterocycles. The van der Waals surface area contributed by atoms with Crippen LogP contribution in [0.25, 0.3) is 0 Å². The van der Waals surface area contributed by atoms with Crippen molar-refractivity contribution >= 4 is 10.8 Å². The predicted octanol–water partition coefficient (Wildman–Crippen LogP) is 0.185. The van der Waals surface area contributed by atoms with E-state index >= 15 is 0 Å². The van der Waals surface area contributed by atoms with Crippen molar-refractivity contribution in [2.45, 2.75) is 12.8 Å². The Morgan fingerprint density at radius 2 is 2.25 bits per heavy atom. The maximum absolute atomic E-state index is 9.56. The van der Waals surface area contributed by atoms with Gasteiger partial charge in [-0.1, -0.05) is 0 Å². The molecule has 0 aliphatic carbocycles. The van der Waals surface area contributed by atoms with Crippen LogP contribution in [0.3, 0.4) is 0 Å². The summed E-state index contributed by atoms with van der Waals surface area (Å²) < 4.78 is 9.56. The summed E-state index contributed by atoms with van der Waals surface area (Å²) in [6.45, 7) is 3.18. The lowest BCUT2D eigenvalue weighted by Gasteiger charge is -2.20. The van der Waals surface area contributed by atoms with Gasteiger partial charge in [0.1, 0.15) is 0 Å². The number of hydrogen-bond donors (Lipinski definition) is 2. The third-order valence-electron chi connectivity index (χ3n) is 1.73. The van der Waals surface area contributed by atoms with Crippen molar-refractivity contribution < 1.29 is 5.64 Å². The Hall–Kier alpha value is 0.0700. The molecule has 3 nitrogen and oxygen atoms in total. The van der Waals surface area contributed by atoms with Crippen molar-refractivity contribution in [2.24, 2.45) is 11.7 Å². The standard InChI is InChI=1S/C6H14N2.C2H6OS.H2/c7-4-6-2-1-3-8-5-6;1-4(2)3;/h6,8H,1-5,7H2;1-2H3;1H. The molecular formula is C8H22N2OS. The van der Waals surface area contributed by atoms with Crippen LogP contribution in [0.5, 0.6) is 0 Å². The van der Waals surface area contributed by atoms with Gasteiger partial charge < -0.3 is 11.1 Å². The third-order valence-corrected chi connectivity index (χ3v) is 1.73.